The Kier molecular flexibility index (Phi) is 5.31. The van der Waals surface area contributed by atoms with E-state index in [1.54, 1.807) is 0 Å². The van der Waals surface area contributed by atoms with E-state index in [0.29, 0.717) is 0 Å². The molecular formula is C15H27N5. The Balaban J connectivity index is 1.70. The Morgan fingerprint density at radius 1 is 1.15 bits per heavy atom. The summed E-state index contributed by atoms with van der Waals surface area (Å²) in [5, 5.41) is 0. The van der Waals surface area contributed by atoms with Crippen molar-refractivity contribution >= 4 is 5.95 Å². The molecule has 2 rings (SSSR count). The van der Waals surface area contributed by atoms with Crippen LogP contribution in [0, 0.1) is 5.41 Å². The number of nitrogens with two attached hydrogens (primary N) is 1. The maximum Gasteiger partial charge on any atom is 0.225 e. The van der Waals surface area contributed by atoms with Crippen molar-refractivity contribution in [3.63, 3.8) is 0 Å². The fraction of sp³-hybridized carbons (Fsp3) is 0.733. The van der Waals surface area contributed by atoms with Gasteiger partial charge in [0.1, 0.15) is 0 Å². The summed E-state index contributed by atoms with van der Waals surface area (Å²) in [7, 11) is 0. The molecule has 0 bridgehead atoms. The molecule has 1 aliphatic rings. The molecule has 1 fully saturated rings. The molecule has 0 radical (unpaired) electrons. The fourth-order valence-electron chi connectivity index (χ4n) is 2.51. The maximum atomic E-state index is 5.77. The minimum Gasteiger partial charge on any atom is -0.338 e. The van der Waals surface area contributed by atoms with Crippen molar-refractivity contribution in [1.29, 1.82) is 0 Å². The monoisotopic (exact) mass is 277 g/mol. The number of piperazine rings is 1. The van der Waals surface area contributed by atoms with E-state index in [0.717, 1.165) is 38.7 Å². The molecule has 0 aliphatic carbocycles. The first-order valence-electron chi connectivity index (χ1n) is 7.55. The van der Waals surface area contributed by atoms with Gasteiger partial charge >= 0.3 is 0 Å². The van der Waals surface area contributed by atoms with Crippen LogP contribution in [0.15, 0.2) is 18.5 Å². The summed E-state index contributed by atoms with van der Waals surface area (Å²) < 4.78 is 0. The van der Waals surface area contributed by atoms with Gasteiger partial charge in [0.25, 0.3) is 0 Å². The molecule has 0 amide bonds. The van der Waals surface area contributed by atoms with Crippen molar-refractivity contribution in [2.45, 2.75) is 26.7 Å². The number of anilines is 1. The van der Waals surface area contributed by atoms with Crippen LogP contribution in [0.5, 0.6) is 0 Å². The Morgan fingerprint density at radius 2 is 1.80 bits per heavy atom. The van der Waals surface area contributed by atoms with E-state index < -0.39 is 0 Å². The fourth-order valence-corrected chi connectivity index (χ4v) is 2.51. The summed E-state index contributed by atoms with van der Waals surface area (Å²) >= 11 is 0. The Morgan fingerprint density at radius 3 is 2.40 bits per heavy atom. The largest absolute Gasteiger partial charge is 0.338 e. The van der Waals surface area contributed by atoms with E-state index >= 15 is 0 Å². The molecule has 0 atom stereocenters. The van der Waals surface area contributed by atoms with Gasteiger partial charge in [0.15, 0.2) is 0 Å². The number of rotatable bonds is 6. The lowest BCUT2D eigenvalue weighted by Gasteiger charge is -2.35. The van der Waals surface area contributed by atoms with E-state index in [9.17, 15) is 0 Å². The highest BCUT2D eigenvalue weighted by Crippen LogP contribution is 2.20. The van der Waals surface area contributed by atoms with Crippen molar-refractivity contribution in [1.82, 2.24) is 14.9 Å². The van der Waals surface area contributed by atoms with Gasteiger partial charge in [-0.3, -0.25) is 4.90 Å². The van der Waals surface area contributed by atoms with Crippen LogP contribution in [-0.4, -0.2) is 54.1 Å². The second-order valence-electron chi connectivity index (χ2n) is 6.35. The highest BCUT2D eigenvalue weighted by Gasteiger charge is 2.20. The van der Waals surface area contributed by atoms with Crippen LogP contribution in [0.1, 0.15) is 26.7 Å². The predicted octanol–water partition coefficient (Wildman–Crippen LogP) is 1.36. The van der Waals surface area contributed by atoms with E-state index in [4.69, 9.17) is 5.73 Å². The van der Waals surface area contributed by atoms with Gasteiger partial charge in [-0.25, -0.2) is 9.97 Å². The van der Waals surface area contributed by atoms with Crippen molar-refractivity contribution < 1.29 is 0 Å². The summed E-state index contributed by atoms with van der Waals surface area (Å²) in [6, 6.07) is 1.86. The molecule has 0 saturated carbocycles. The molecule has 20 heavy (non-hydrogen) atoms. The molecule has 5 nitrogen and oxygen atoms in total. The van der Waals surface area contributed by atoms with Crippen LogP contribution in [0.25, 0.3) is 0 Å². The average molecular weight is 277 g/mol. The quantitative estimate of drug-likeness (QED) is 0.851. The third-order valence-corrected chi connectivity index (χ3v) is 4.09. The van der Waals surface area contributed by atoms with E-state index in [-0.39, 0.29) is 5.41 Å². The van der Waals surface area contributed by atoms with E-state index in [1.165, 1.54) is 19.4 Å². The standard InChI is InChI=1S/C15H27N5/c1-15(2,13-16)5-3-8-19-9-11-20(12-10-19)14-17-6-4-7-18-14/h4,6-7H,3,5,8-13,16H2,1-2H3. The van der Waals surface area contributed by atoms with Gasteiger partial charge in [-0.2, -0.15) is 0 Å². The molecule has 5 heteroatoms. The average Bonchev–Trinajstić information content (AvgIpc) is 2.49. The van der Waals surface area contributed by atoms with Crippen LogP contribution < -0.4 is 10.6 Å². The first kappa shape index (κ1) is 15.2. The number of hydrogen-bond acceptors (Lipinski definition) is 5. The molecule has 0 spiro atoms. The second-order valence-corrected chi connectivity index (χ2v) is 6.35. The van der Waals surface area contributed by atoms with Gasteiger partial charge in [0.05, 0.1) is 0 Å². The third-order valence-electron chi connectivity index (χ3n) is 4.09. The van der Waals surface area contributed by atoms with E-state index in [1.807, 2.05) is 18.5 Å². The van der Waals surface area contributed by atoms with Crippen LogP contribution in [0.4, 0.5) is 5.95 Å². The SMILES string of the molecule is CC(C)(CN)CCCN1CCN(c2ncccn2)CC1. The lowest BCUT2D eigenvalue weighted by molar-refractivity contribution is 0.231. The number of nitrogens with zero attached hydrogens (tertiary/aromatic N) is 4. The van der Waals surface area contributed by atoms with Gasteiger partial charge in [-0.15, -0.1) is 0 Å². The van der Waals surface area contributed by atoms with E-state index in [2.05, 4.69) is 33.6 Å². The summed E-state index contributed by atoms with van der Waals surface area (Å²) in [5.41, 5.74) is 6.05. The molecule has 112 valence electrons. The molecule has 1 aromatic heterocycles. The zero-order valence-electron chi connectivity index (χ0n) is 12.8. The lowest BCUT2D eigenvalue weighted by Crippen LogP contribution is -2.47. The number of aromatic nitrogens is 2. The molecule has 2 heterocycles. The Bertz CT molecular complexity index is 385. The zero-order valence-corrected chi connectivity index (χ0v) is 12.8. The highest BCUT2D eigenvalue weighted by molar-refractivity contribution is 5.29. The number of hydrogen-bond donors (Lipinski definition) is 1. The Labute approximate surface area is 122 Å². The first-order valence-corrected chi connectivity index (χ1v) is 7.55. The molecular weight excluding hydrogens is 250 g/mol. The molecule has 1 saturated heterocycles. The van der Waals surface area contributed by atoms with Gasteiger partial charge in [0, 0.05) is 38.6 Å². The minimum absolute atomic E-state index is 0.277. The molecule has 0 aromatic carbocycles. The first-order chi connectivity index (χ1) is 9.61. The van der Waals surface area contributed by atoms with Crippen LogP contribution in [0.3, 0.4) is 0 Å². The smallest absolute Gasteiger partial charge is 0.225 e. The molecule has 2 N–H and O–H groups in total. The van der Waals surface area contributed by atoms with Gasteiger partial charge in [-0.05, 0) is 37.4 Å². The zero-order chi connectivity index (χ0) is 14.4. The Hall–Kier alpha value is -1.20. The molecule has 1 aliphatic heterocycles. The topological polar surface area (TPSA) is 58.3 Å². The van der Waals surface area contributed by atoms with Crippen molar-refractivity contribution in [3.8, 4) is 0 Å². The highest BCUT2D eigenvalue weighted by atomic mass is 15.3. The maximum absolute atomic E-state index is 5.77. The summed E-state index contributed by atoms with van der Waals surface area (Å²) in [5.74, 6) is 0.858. The summed E-state index contributed by atoms with van der Waals surface area (Å²) in [6.45, 7) is 10.7. The summed E-state index contributed by atoms with van der Waals surface area (Å²) in [6.07, 6.45) is 6.05. The van der Waals surface area contributed by atoms with Crippen LogP contribution in [0.2, 0.25) is 0 Å². The summed E-state index contributed by atoms with van der Waals surface area (Å²) in [4.78, 5) is 13.4. The molecule has 1 aromatic rings. The third kappa shape index (κ3) is 4.42. The normalized spacial score (nSPS) is 17.4. The lowest BCUT2D eigenvalue weighted by atomic mass is 9.88. The van der Waals surface area contributed by atoms with Gasteiger partial charge in [-0.1, -0.05) is 13.8 Å². The van der Waals surface area contributed by atoms with Crippen LogP contribution >= 0.6 is 0 Å². The predicted molar refractivity (Wildman–Crippen MR) is 82.8 cm³/mol. The van der Waals surface area contributed by atoms with Gasteiger partial charge < -0.3 is 10.6 Å². The van der Waals surface area contributed by atoms with Crippen molar-refractivity contribution in [2.75, 3.05) is 44.2 Å². The van der Waals surface area contributed by atoms with Crippen molar-refractivity contribution in [2.24, 2.45) is 11.1 Å². The minimum atomic E-state index is 0.277. The second kappa shape index (κ2) is 6.99. The van der Waals surface area contributed by atoms with Crippen molar-refractivity contribution in [3.05, 3.63) is 18.5 Å². The van der Waals surface area contributed by atoms with Crippen LogP contribution in [-0.2, 0) is 0 Å². The molecule has 0 unspecified atom stereocenters. The van der Waals surface area contributed by atoms with Gasteiger partial charge in [0.2, 0.25) is 5.95 Å².